The molecule has 0 atom stereocenters. The van der Waals surface area contributed by atoms with Crippen molar-refractivity contribution in [3.63, 3.8) is 0 Å². The van der Waals surface area contributed by atoms with E-state index in [1.54, 1.807) is 6.07 Å². The van der Waals surface area contributed by atoms with Crippen molar-refractivity contribution in [2.24, 2.45) is 10.7 Å². The summed E-state index contributed by atoms with van der Waals surface area (Å²) in [5.41, 5.74) is 10.1. The van der Waals surface area contributed by atoms with Crippen molar-refractivity contribution in [2.45, 2.75) is 20.3 Å². The normalized spacial score (nSPS) is 11.0. The molecule has 22 heavy (non-hydrogen) atoms. The molecule has 2 aromatic carbocycles. The Morgan fingerprint density at radius 2 is 1.82 bits per heavy atom. The van der Waals surface area contributed by atoms with Crippen molar-refractivity contribution in [1.29, 1.82) is 0 Å². The lowest BCUT2D eigenvalue weighted by Gasteiger charge is -2.08. The van der Waals surface area contributed by atoms with Crippen LogP contribution in [0.1, 0.15) is 16.7 Å². The SMILES string of the molecule is Cc1cc(C)cc(NC(N)=NCCc2cccc(F)c2)c1.I. The number of nitrogens with one attached hydrogen (secondary N) is 1. The number of nitrogens with zero attached hydrogens (tertiary/aromatic N) is 1. The van der Waals surface area contributed by atoms with Gasteiger partial charge in [-0.1, -0.05) is 18.2 Å². The summed E-state index contributed by atoms with van der Waals surface area (Å²) in [4.78, 5) is 4.26. The fraction of sp³-hybridized carbons (Fsp3) is 0.235. The molecule has 0 amide bonds. The van der Waals surface area contributed by atoms with Crippen LogP contribution in [-0.4, -0.2) is 12.5 Å². The van der Waals surface area contributed by atoms with Crippen molar-refractivity contribution < 1.29 is 4.39 Å². The fourth-order valence-electron chi connectivity index (χ4n) is 2.23. The minimum absolute atomic E-state index is 0. The van der Waals surface area contributed by atoms with Crippen molar-refractivity contribution in [2.75, 3.05) is 11.9 Å². The Balaban J connectivity index is 0.00000242. The van der Waals surface area contributed by atoms with Crippen LogP contribution in [0.25, 0.3) is 0 Å². The van der Waals surface area contributed by atoms with E-state index in [-0.39, 0.29) is 29.8 Å². The van der Waals surface area contributed by atoms with Gasteiger partial charge in [0.1, 0.15) is 5.82 Å². The first-order chi connectivity index (χ1) is 10.0. The summed E-state index contributed by atoms with van der Waals surface area (Å²) in [6, 6.07) is 12.7. The molecule has 0 aliphatic rings. The lowest BCUT2D eigenvalue weighted by atomic mass is 10.1. The summed E-state index contributed by atoms with van der Waals surface area (Å²) < 4.78 is 13.0. The van der Waals surface area contributed by atoms with Crippen LogP contribution in [0.3, 0.4) is 0 Å². The molecule has 118 valence electrons. The van der Waals surface area contributed by atoms with Crippen molar-refractivity contribution in [1.82, 2.24) is 0 Å². The first-order valence-electron chi connectivity index (χ1n) is 6.92. The molecule has 3 N–H and O–H groups in total. The van der Waals surface area contributed by atoms with Gasteiger partial charge >= 0.3 is 0 Å². The Kier molecular flexibility index (Phi) is 7.31. The molecule has 0 aliphatic carbocycles. The number of benzene rings is 2. The second-order valence-electron chi connectivity index (χ2n) is 5.15. The molecule has 0 saturated heterocycles. The lowest BCUT2D eigenvalue weighted by molar-refractivity contribution is 0.625. The third-order valence-electron chi connectivity index (χ3n) is 3.07. The average molecular weight is 413 g/mol. The highest BCUT2D eigenvalue weighted by Gasteiger charge is 1.98. The molecule has 0 aliphatic heterocycles. The van der Waals surface area contributed by atoms with Crippen molar-refractivity contribution in [3.8, 4) is 0 Å². The zero-order chi connectivity index (χ0) is 15.2. The molecule has 2 rings (SSSR count). The minimum atomic E-state index is -0.224. The Morgan fingerprint density at radius 3 is 2.45 bits per heavy atom. The van der Waals surface area contributed by atoms with Gasteiger partial charge in [-0.15, -0.1) is 24.0 Å². The van der Waals surface area contributed by atoms with Crippen LogP contribution >= 0.6 is 24.0 Å². The van der Waals surface area contributed by atoms with E-state index in [2.05, 4.69) is 16.4 Å². The van der Waals surface area contributed by atoms with Gasteiger partial charge in [0, 0.05) is 12.2 Å². The largest absolute Gasteiger partial charge is 0.370 e. The van der Waals surface area contributed by atoms with Gasteiger partial charge in [-0.2, -0.15) is 0 Å². The Bertz CT molecular complexity index is 636. The fourth-order valence-corrected chi connectivity index (χ4v) is 2.23. The summed E-state index contributed by atoms with van der Waals surface area (Å²) >= 11 is 0. The second-order valence-corrected chi connectivity index (χ2v) is 5.15. The van der Waals surface area contributed by atoms with Gasteiger partial charge in [0.2, 0.25) is 0 Å². The summed E-state index contributed by atoms with van der Waals surface area (Å²) in [5.74, 6) is 0.147. The van der Waals surface area contributed by atoms with Gasteiger partial charge in [-0.3, -0.25) is 4.99 Å². The second kappa shape index (κ2) is 8.73. The maximum atomic E-state index is 13.0. The van der Waals surface area contributed by atoms with E-state index in [4.69, 9.17) is 5.73 Å². The molecule has 3 nitrogen and oxygen atoms in total. The predicted molar refractivity (Wildman–Crippen MR) is 102 cm³/mol. The molecule has 0 radical (unpaired) electrons. The summed E-state index contributed by atoms with van der Waals surface area (Å²) in [5, 5.41) is 3.07. The molecule has 0 bridgehead atoms. The minimum Gasteiger partial charge on any atom is -0.370 e. The quantitative estimate of drug-likeness (QED) is 0.452. The first-order valence-corrected chi connectivity index (χ1v) is 6.92. The average Bonchev–Trinajstić information content (AvgIpc) is 2.37. The topological polar surface area (TPSA) is 50.4 Å². The maximum absolute atomic E-state index is 13.0. The van der Waals surface area contributed by atoms with E-state index >= 15 is 0 Å². The molecule has 0 fully saturated rings. The van der Waals surface area contributed by atoms with E-state index in [1.165, 1.54) is 23.3 Å². The third kappa shape index (κ3) is 6.01. The molecule has 0 unspecified atom stereocenters. The summed E-state index contributed by atoms with van der Waals surface area (Å²) in [7, 11) is 0. The van der Waals surface area contributed by atoms with Crippen LogP contribution in [0.2, 0.25) is 0 Å². The standard InChI is InChI=1S/C17H20FN3.HI/c1-12-8-13(2)10-16(9-12)21-17(19)20-7-6-14-4-3-5-15(18)11-14;/h3-5,8-11H,6-7H2,1-2H3,(H3,19,20,21);1H. The Morgan fingerprint density at radius 1 is 1.14 bits per heavy atom. The van der Waals surface area contributed by atoms with E-state index in [9.17, 15) is 4.39 Å². The monoisotopic (exact) mass is 413 g/mol. The number of aryl methyl sites for hydroxylation is 2. The molecule has 5 heteroatoms. The predicted octanol–water partition coefficient (Wildman–Crippen LogP) is 4.03. The van der Waals surface area contributed by atoms with Crippen LogP contribution < -0.4 is 11.1 Å². The zero-order valence-electron chi connectivity index (χ0n) is 12.8. The molecular formula is C17H21FIN3. The number of rotatable bonds is 4. The molecule has 2 aromatic rings. The zero-order valence-corrected chi connectivity index (χ0v) is 15.1. The smallest absolute Gasteiger partial charge is 0.193 e. The van der Waals surface area contributed by atoms with Crippen molar-refractivity contribution >= 4 is 35.6 Å². The number of guanidine groups is 1. The maximum Gasteiger partial charge on any atom is 0.193 e. The highest BCUT2D eigenvalue weighted by molar-refractivity contribution is 14.0. The Hall–Kier alpha value is -1.63. The van der Waals surface area contributed by atoms with Crippen molar-refractivity contribution in [3.05, 3.63) is 65.0 Å². The highest BCUT2D eigenvalue weighted by Crippen LogP contribution is 2.13. The summed E-state index contributed by atoms with van der Waals surface area (Å²) in [6.45, 7) is 4.60. The molecule has 0 spiro atoms. The molecular weight excluding hydrogens is 392 g/mol. The van der Waals surface area contributed by atoms with Crippen LogP contribution in [0, 0.1) is 19.7 Å². The van der Waals surface area contributed by atoms with Gasteiger partial charge in [0.15, 0.2) is 5.96 Å². The number of anilines is 1. The van der Waals surface area contributed by atoms with Gasteiger partial charge in [0.25, 0.3) is 0 Å². The number of nitrogens with two attached hydrogens (primary N) is 1. The number of halogens is 2. The molecule has 0 saturated carbocycles. The van der Waals surface area contributed by atoms with Gasteiger partial charge < -0.3 is 11.1 Å². The van der Waals surface area contributed by atoms with Crippen LogP contribution in [0.15, 0.2) is 47.5 Å². The summed E-state index contributed by atoms with van der Waals surface area (Å²) in [6.07, 6.45) is 0.660. The van der Waals surface area contributed by atoms with Crippen LogP contribution in [0.4, 0.5) is 10.1 Å². The van der Waals surface area contributed by atoms with Gasteiger partial charge in [0.05, 0.1) is 0 Å². The number of hydrogen-bond acceptors (Lipinski definition) is 1. The van der Waals surface area contributed by atoms with E-state index in [0.717, 1.165) is 11.3 Å². The Labute approximate surface area is 147 Å². The van der Waals surface area contributed by atoms with E-state index in [0.29, 0.717) is 18.9 Å². The van der Waals surface area contributed by atoms with E-state index in [1.807, 2.05) is 32.0 Å². The number of aliphatic imine (C=N–C) groups is 1. The van der Waals surface area contributed by atoms with Gasteiger partial charge in [-0.05, 0) is 61.2 Å². The highest BCUT2D eigenvalue weighted by atomic mass is 127. The van der Waals surface area contributed by atoms with Crippen LogP contribution in [-0.2, 0) is 6.42 Å². The van der Waals surface area contributed by atoms with E-state index < -0.39 is 0 Å². The first kappa shape index (κ1) is 18.4. The number of hydrogen-bond donors (Lipinski definition) is 2. The van der Waals surface area contributed by atoms with Gasteiger partial charge in [-0.25, -0.2) is 4.39 Å². The lowest BCUT2D eigenvalue weighted by Crippen LogP contribution is -2.23. The molecule has 0 heterocycles. The van der Waals surface area contributed by atoms with Crippen LogP contribution in [0.5, 0.6) is 0 Å². The third-order valence-corrected chi connectivity index (χ3v) is 3.07. The molecule has 0 aromatic heterocycles.